The van der Waals surface area contributed by atoms with E-state index >= 15 is 0 Å². The maximum absolute atomic E-state index is 12.1. The van der Waals surface area contributed by atoms with Crippen LogP contribution >= 0.6 is 11.6 Å². The largest absolute Gasteiger partial charge is 0.349 e. The third-order valence-electron chi connectivity index (χ3n) is 3.09. The quantitative estimate of drug-likeness (QED) is 0.863. The summed E-state index contributed by atoms with van der Waals surface area (Å²) in [6, 6.07) is 7.53. The van der Waals surface area contributed by atoms with Gasteiger partial charge in [-0.15, -0.1) is 0 Å². The van der Waals surface area contributed by atoms with E-state index in [4.69, 9.17) is 17.3 Å². The molecule has 0 heterocycles. The SMILES string of the molecule is CCC(NC(=O)C(C)(C)CN)c1cccc(Cl)c1. The first-order chi connectivity index (χ1) is 8.40. The molecule has 1 amide bonds. The van der Waals surface area contributed by atoms with E-state index in [2.05, 4.69) is 5.32 Å². The maximum Gasteiger partial charge on any atom is 0.227 e. The number of amides is 1. The van der Waals surface area contributed by atoms with Crippen LogP contribution in [-0.4, -0.2) is 12.5 Å². The third-order valence-corrected chi connectivity index (χ3v) is 3.32. The number of carbonyl (C=O) groups excluding carboxylic acids is 1. The Morgan fingerprint density at radius 3 is 2.67 bits per heavy atom. The molecule has 3 nitrogen and oxygen atoms in total. The topological polar surface area (TPSA) is 55.1 Å². The van der Waals surface area contributed by atoms with Crippen LogP contribution in [0, 0.1) is 5.41 Å². The van der Waals surface area contributed by atoms with E-state index in [1.165, 1.54) is 0 Å². The minimum atomic E-state index is -0.550. The van der Waals surface area contributed by atoms with E-state index in [-0.39, 0.29) is 11.9 Å². The molecule has 18 heavy (non-hydrogen) atoms. The fourth-order valence-electron chi connectivity index (χ4n) is 1.59. The second-order valence-corrected chi connectivity index (χ2v) is 5.51. The molecule has 0 saturated heterocycles. The Labute approximate surface area is 114 Å². The van der Waals surface area contributed by atoms with Crippen molar-refractivity contribution in [2.24, 2.45) is 11.1 Å². The van der Waals surface area contributed by atoms with Crippen molar-refractivity contribution >= 4 is 17.5 Å². The van der Waals surface area contributed by atoms with Crippen molar-refractivity contribution in [1.29, 1.82) is 0 Å². The highest BCUT2D eigenvalue weighted by molar-refractivity contribution is 6.30. The number of nitrogens with one attached hydrogen (secondary N) is 1. The second-order valence-electron chi connectivity index (χ2n) is 5.08. The van der Waals surface area contributed by atoms with Gasteiger partial charge in [0.2, 0.25) is 5.91 Å². The Morgan fingerprint density at radius 2 is 2.17 bits per heavy atom. The summed E-state index contributed by atoms with van der Waals surface area (Å²) in [6.45, 7) is 6.03. The average Bonchev–Trinajstić information content (AvgIpc) is 2.35. The number of nitrogens with two attached hydrogens (primary N) is 1. The van der Waals surface area contributed by atoms with E-state index in [0.717, 1.165) is 12.0 Å². The molecule has 4 heteroatoms. The summed E-state index contributed by atoms with van der Waals surface area (Å²) in [5, 5.41) is 3.70. The lowest BCUT2D eigenvalue weighted by Gasteiger charge is -2.26. The van der Waals surface area contributed by atoms with Gasteiger partial charge in [0.1, 0.15) is 0 Å². The van der Waals surface area contributed by atoms with Gasteiger partial charge in [-0.3, -0.25) is 4.79 Å². The highest BCUT2D eigenvalue weighted by Gasteiger charge is 2.27. The van der Waals surface area contributed by atoms with Gasteiger partial charge in [0.15, 0.2) is 0 Å². The molecule has 1 rings (SSSR count). The lowest BCUT2D eigenvalue weighted by atomic mass is 9.91. The van der Waals surface area contributed by atoms with Gasteiger partial charge < -0.3 is 11.1 Å². The van der Waals surface area contributed by atoms with Gasteiger partial charge >= 0.3 is 0 Å². The molecule has 1 unspecified atom stereocenters. The predicted octanol–water partition coefficient (Wildman–Crippen LogP) is 2.89. The molecule has 0 spiro atoms. The summed E-state index contributed by atoms with van der Waals surface area (Å²) in [5.41, 5.74) is 6.08. The highest BCUT2D eigenvalue weighted by Crippen LogP contribution is 2.22. The molecule has 0 aliphatic heterocycles. The molecule has 0 bridgehead atoms. The number of carbonyl (C=O) groups is 1. The van der Waals surface area contributed by atoms with Crippen LogP contribution in [0.2, 0.25) is 5.02 Å². The first-order valence-electron chi connectivity index (χ1n) is 6.17. The Balaban J connectivity index is 2.83. The standard InChI is InChI=1S/C14H21ClN2O/c1-4-12(10-6-5-7-11(15)8-10)17-13(18)14(2,3)9-16/h5-8,12H,4,9,16H2,1-3H3,(H,17,18). The van der Waals surface area contributed by atoms with Crippen molar-refractivity contribution in [3.8, 4) is 0 Å². The molecule has 0 radical (unpaired) electrons. The summed E-state index contributed by atoms with van der Waals surface area (Å²) >= 11 is 5.97. The monoisotopic (exact) mass is 268 g/mol. The van der Waals surface area contributed by atoms with Gasteiger partial charge in [-0.25, -0.2) is 0 Å². The fraction of sp³-hybridized carbons (Fsp3) is 0.500. The molecule has 1 atom stereocenters. The van der Waals surface area contributed by atoms with Gasteiger partial charge in [-0.05, 0) is 38.0 Å². The number of halogens is 1. The Morgan fingerprint density at radius 1 is 1.50 bits per heavy atom. The molecule has 1 aromatic rings. The zero-order valence-electron chi connectivity index (χ0n) is 11.2. The smallest absolute Gasteiger partial charge is 0.227 e. The molecule has 0 aliphatic carbocycles. The fourth-order valence-corrected chi connectivity index (χ4v) is 1.79. The van der Waals surface area contributed by atoms with Gasteiger partial charge in [-0.1, -0.05) is 30.7 Å². The van der Waals surface area contributed by atoms with E-state index in [0.29, 0.717) is 11.6 Å². The summed E-state index contributed by atoms with van der Waals surface area (Å²) < 4.78 is 0. The molecule has 100 valence electrons. The molecule has 0 fully saturated rings. The van der Waals surface area contributed by atoms with Crippen molar-refractivity contribution < 1.29 is 4.79 Å². The highest BCUT2D eigenvalue weighted by atomic mass is 35.5. The minimum Gasteiger partial charge on any atom is -0.349 e. The summed E-state index contributed by atoms with van der Waals surface area (Å²) in [6.07, 6.45) is 0.812. The van der Waals surface area contributed by atoms with Crippen molar-refractivity contribution in [3.05, 3.63) is 34.9 Å². The van der Waals surface area contributed by atoms with Crippen LogP contribution < -0.4 is 11.1 Å². The van der Waals surface area contributed by atoms with Crippen LogP contribution in [0.15, 0.2) is 24.3 Å². The number of rotatable bonds is 5. The van der Waals surface area contributed by atoms with E-state index < -0.39 is 5.41 Å². The Bertz CT molecular complexity index is 418. The van der Waals surface area contributed by atoms with Crippen LogP contribution in [0.25, 0.3) is 0 Å². The van der Waals surface area contributed by atoms with E-state index in [9.17, 15) is 4.79 Å². The average molecular weight is 269 g/mol. The molecule has 3 N–H and O–H groups in total. The van der Waals surface area contributed by atoms with Gasteiger partial charge in [-0.2, -0.15) is 0 Å². The van der Waals surface area contributed by atoms with Gasteiger partial charge in [0.25, 0.3) is 0 Å². The van der Waals surface area contributed by atoms with Crippen molar-refractivity contribution in [1.82, 2.24) is 5.32 Å². The molecule has 1 aromatic carbocycles. The molecule has 0 aliphatic rings. The zero-order chi connectivity index (χ0) is 13.8. The molecule has 0 saturated carbocycles. The normalized spacial score (nSPS) is 13.2. The number of hydrogen-bond acceptors (Lipinski definition) is 2. The maximum atomic E-state index is 12.1. The van der Waals surface area contributed by atoms with Crippen LogP contribution in [0.3, 0.4) is 0 Å². The lowest BCUT2D eigenvalue weighted by Crippen LogP contribution is -2.43. The molecular weight excluding hydrogens is 248 g/mol. The first-order valence-corrected chi connectivity index (χ1v) is 6.55. The van der Waals surface area contributed by atoms with Crippen LogP contribution in [0.1, 0.15) is 38.8 Å². The van der Waals surface area contributed by atoms with Crippen LogP contribution in [-0.2, 0) is 4.79 Å². The third kappa shape index (κ3) is 3.72. The summed E-state index contributed by atoms with van der Waals surface area (Å²) in [7, 11) is 0. The van der Waals surface area contributed by atoms with Gasteiger partial charge in [0.05, 0.1) is 11.5 Å². The predicted molar refractivity (Wildman–Crippen MR) is 75.5 cm³/mol. The van der Waals surface area contributed by atoms with Crippen molar-refractivity contribution in [2.45, 2.75) is 33.2 Å². The Kier molecular flexibility index (Phi) is 5.17. The van der Waals surface area contributed by atoms with Crippen LogP contribution in [0.4, 0.5) is 0 Å². The number of hydrogen-bond donors (Lipinski definition) is 2. The molecule has 0 aromatic heterocycles. The van der Waals surface area contributed by atoms with Crippen LogP contribution in [0.5, 0.6) is 0 Å². The van der Waals surface area contributed by atoms with Crippen molar-refractivity contribution in [2.75, 3.05) is 6.54 Å². The van der Waals surface area contributed by atoms with Crippen molar-refractivity contribution in [3.63, 3.8) is 0 Å². The summed E-state index contributed by atoms with van der Waals surface area (Å²) in [5.74, 6) is -0.0307. The number of benzene rings is 1. The Hall–Kier alpha value is -1.06. The minimum absolute atomic E-state index is 0.0259. The summed E-state index contributed by atoms with van der Waals surface area (Å²) in [4.78, 5) is 12.1. The first kappa shape index (κ1) is 15.0. The van der Waals surface area contributed by atoms with Gasteiger partial charge in [0, 0.05) is 11.6 Å². The lowest BCUT2D eigenvalue weighted by molar-refractivity contribution is -0.129. The second kappa shape index (κ2) is 6.21. The van der Waals surface area contributed by atoms with E-state index in [1.54, 1.807) is 0 Å². The van der Waals surface area contributed by atoms with E-state index in [1.807, 2.05) is 45.0 Å². The molecular formula is C14H21ClN2O. The zero-order valence-corrected chi connectivity index (χ0v) is 11.9.